The largest absolute Gasteiger partial charge is 0.322 e. The van der Waals surface area contributed by atoms with E-state index in [0.29, 0.717) is 22.1 Å². The highest BCUT2D eigenvalue weighted by molar-refractivity contribution is 6.36. The van der Waals surface area contributed by atoms with E-state index in [1.165, 1.54) is 12.8 Å². The average Bonchev–Trinajstić information content (AvgIpc) is 2.98. The van der Waals surface area contributed by atoms with Crippen molar-refractivity contribution in [2.24, 2.45) is 13.0 Å². The molecular formula is C25H29ClN4O2. The monoisotopic (exact) mass is 452 g/mol. The van der Waals surface area contributed by atoms with Gasteiger partial charge in [-0.2, -0.15) is 5.10 Å². The first-order valence-corrected chi connectivity index (χ1v) is 11.7. The van der Waals surface area contributed by atoms with Gasteiger partial charge in [-0.15, -0.1) is 0 Å². The van der Waals surface area contributed by atoms with Crippen molar-refractivity contribution >= 4 is 34.9 Å². The van der Waals surface area contributed by atoms with Crippen molar-refractivity contribution in [3.63, 3.8) is 0 Å². The molecule has 1 aromatic heterocycles. The van der Waals surface area contributed by atoms with Crippen LogP contribution in [0.25, 0.3) is 11.3 Å². The molecule has 168 valence electrons. The third-order valence-corrected chi connectivity index (χ3v) is 6.49. The minimum atomic E-state index is -0.208. The zero-order valence-electron chi connectivity index (χ0n) is 18.4. The number of rotatable bonds is 5. The van der Waals surface area contributed by atoms with Crippen molar-refractivity contribution in [1.82, 2.24) is 9.78 Å². The van der Waals surface area contributed by atoms with Crippen LogP contribution in [-0.2, 0) is 16.6 Å². The number of halogens is 1. The number of benzene rings is 1. The zero-order chi connectivity index (χ0) is 22.5. The van der Waals surface area contributed by atoms with Crippen LogP contribution in [0.15, 0.2) is 53.1 Å². The summed E-state index contributed by atoms with van der Waals surface area (Å²) in [7, 11) is 1.83. The minimum Gasteiger partial charge on any atom is -0.322 e. The van der Waals surface area contributed by atoms with E-state index in [2.05, 4.69) is 15.7 Å². The summed E-state index contributed by atoms with van der Waals surface area (Å²) in [5.74, 6) is 0.656. The van der Waals surface area contributed by atoms with Gasteiger partial charge >= 0.3 is 0 Å². The molecule has 0 aliphatic heterocycles. The molecule has 1 saturated carbocycles. The predicted molar refractivity (Wildman–Crippen MR) is 128 cm³/mol. The van der Waals surface area contributed by atoms with Crippen LogP contribution in [0.4, 0.5) is 11.5 Å². The number of amides is 2. The second-order valence-corrected chi connectivity index (χ2v) is 8.90. The third kappa shape index (κ3) is 5.30. The van der Waals surface area contributed by atoms with E-state index in [4.69, 9.17) is 11.6 Å². The van der Waals surface area contributed by atoms with Gasteiger partial charge in [0.25, 0.3) is 5.91 Å². The van der Waals surface area contributed by atoms with Gasteiger partial charge in [-0.3, -0.25) is 14.3 Å². The standard InChI is InChI=1S/C25H29ClN4O2/c1-30-23(28-24(31)18-8-4-2-3-5-9-18)16-22(29-30)17-12-14-19(15-13-17)27-25(32)20-10-6-7-11-21(20)26/h10-16,18H,2-9H2,1H3,(H,27,32)(H,28,31). The first kappa shape index (κ1) is 22.3. The van der Waals surface area contributed by atoms with Gasteiger partial charge in [-0.1, -0.05) is 61.6 Å². The first-order chi connectivity index (χ1) is 15.5. The number of carbonyl (C=O) groups excluding carboxylic acids is 2. The molecule has 1 aromatic carbocycles. The van der Waals surface area contributed by atoms with E-state index < -0.39 is 0 Å². The van der Waals surface area contributed by atoms with Crippen molar-refractivity contribution in [3.8, 4) is 11.3 Å². The van der Waals surface area contributed by atoms with Gasteiger partial charge in [0.2, 0.25) is 5.91 Å². The molecule has 32 heavy (non-hydrogen) atoms. The van der Waals surface area contributed by atoms with Crippen LogP contribution in [0.2, 0.25) is 0 Å². The van der Waals surface area contributed by atoms with Crippen molar-refractivity contribution in [1.29, 1.82) is 0 Å². The van der Waals surface area contributed by atoms with Gasteiger partial charge in [-0.05, 0) is 37.8 Å². The first-order valence-electron chi connectivity index (χ1n) is 11.3. The quantitative estimate of drug-likeness (QED) is 0.565. The number of nitrogens with one attached hydrogen (secondary N) is 2. The van der Waals surface area contributed by atoms with Crippen LogP contribution in [0.3, 0.4) is 0 Å². The summed E-state index contributed by atoms with van der Waals surface area (Å²) in [5.41, 5.74) is 2.87. The summed E-state index contributed by atoms with van der Waals surface area (Å²) in [5, 5.41) is 11.0. The van der Waals surface area contributed by atoms with Gasteiger partial charge in [0.05, 0.1) is 11.3 Å². The Morgan fingerprint density at radius 3 is 2.38 bits per heavy atom. The van der Waals surface area contributed by atoms with Gasteiger partial charge in [0.15, 0.2) is 0 Å². The highest BCUT2D eigenvalue weighted by atomic mass is 35.5. The number of nitrogens with zero attached hydrogens (tertiary/aromatic N) is 2. The van der Waals surface area contributed by atoms with E-state index >= 15 is 0 Å². The fourth-order valence-electron chi connectivity index (χ4n) is 4.26. The number of hydrogen-bond donors (Lipinski definition) is 2. The molecule has 1 heterocycles. The topological polar surface area (TPSA) is 76.0 Å². The highest BCUT2D eigenvalue weighted by Crippen LogP contribution is 2.27. The maximum atomic E-state index is 12.7. The fourth-order valence-corrected chi connectivity index (χ4v) is 4.54. The van der Waals surface area contributed by atoms with E-state index in [1.807, 2.05) is 49.5 Å². The number of hydrogen-bond acceptors (Lipinski definition) is 3. The van der Waals surface area contributed by atoms with Crippen LogP contribution in [0.1, 0.15) is 51.4 Å². The number of aromatic nitrogens is 2. The maximum absolute atomic E-state index is 12.7. The van der Waals surface area contributed by atoms with Crippen LogP contribution in [0, 0.1) is 5.92 Å². The van der Waals surface area contributed by atoms with Gasteiger partial charge < -0.3 is 10.6 Å². The van der Waals surface area contributed by atoms with E-state index in [-0.39, 0.29) is 17.7 Å². The zero-order valence-corrected chi connectivity index (χ0v) is 19.1. The van der Waals surface area contributed by atoms with Gasteiger partial charge in [-0.25, -0.2) is 0 Å². The Bertz CT molecular complexity index is 1040. The summed E-state index contributed by atoms with van der Waals surface area (Å²) in [4.78, 5) is 25.2. The lowest BCUT2D eigenvalue weighted by atomic mass is 9.99. The van der Waals surface area contributed by atoms with Crippen LogP contribution in [-0.4, -0.2) is 21.6 Å². The summed E-state index contributed by atoms with van der Waals surface area (Å²) in [6.07, 6.45) is 12.0. The summed E-state index contributed by atoms with van der Waals surface area (Å²) in [6, 6.07) is 9.38. The molecule has 0 bridgehead atoms. The smallest absolute Gasteiger partial charge is 0.256 e. The Labute approximate surface area is 193 Å². The molecule has 6 nitrogen and oxygen atoms in total. The Kier molecular flexibility index (Phi) is 7.10. The second kappa shape index (κ2) is 10.2. The van der Waals surface area contributed by atoms with Crippen molar-refractivity contribution < 1.29 is 9.59 Å². The molecule has 2 aliphatic rings. The normalized spacial score (nSPS) is 17.2. The van der Waals surface area contributed by atoms with E-state index in [0.717, 1.165) is 49.8 Å². The minimum absolute atomic E-state index is 0.0846. The molecule has 7 heteroatoms. The molecule has 2 aromatic rings. The molecule has 0 atom stereocenters. The van der Waals surface area contributed by atoms with Gasteiger partial charge in [0, 0.05) is 35.3 Å². The molecule has 2 N–H and O–H groups in total. The van der Waals surface area contributed by atoms with Crippen LogP contribution in [0.5, 0.6) is 0 Å². The van der Waals surface area contributed by atoms with Crippen LogP contribution >= 0.6 is 11.6 Å². The lowest BCUT2D eigenvalue weighted by Crippen LogP contribution is -2.23. The van der Waals surface area contributed by atoms with Crippen molar-refractivity contribution in [2.45, 2.75) is 51.4 Å². The molecule has 0 spiro atoms. The Morgan fingerprint density at radius 2 is 1.69 bits per heavy atom. The average molecular weight is 453 g/mol. The fraction of sp³-hybridized carbons (Fsp3) is 0.400. The Morgan fingerprint density at radius 1 is 1.00 bits per heavy atom. The molecule has 1 fully saturated rings. The highest BCUT2D eigenvalue weighted by Gasteiger charge is 2.21. The molecule has 2 aliphatic carbocycles. The number of carbonyl (C=O) groups is 2. The number of aryl methyl sites for hydroxylation is 1. The summed E-state index contributed by atoms with van der Waals surface area (Å²) < 4.78 is 1.70. The molecule has 0 radical (unpaired) electrons. The lowest BCUT2D eigenvalue weighted by molar-refractivity contribution is -0.120. The number of anilines is 2. The molecule has 4 rings (SSSR count). The van der Waals surface area contributed by atoms with Crippen molar-refractivity contribution in [3.05, 3.63) is 53.1 Å². The SMILES string of the molecule is Cn1nc(-c2ccc(NC(=O)C3=CCCC=C3Cl)cc2)cc1NC(=O)C1CCCCCC1. The predicted octanol–water partition coefficient (Wildman–Crippen LogP) is 5.78. The lowest BCUT2D eigenvalue weighted by Gasteiger charge is -2.13. The molecule has 0 unspecified atom stereocenters. The van der Waals surface area contributed by atoms with E-state index in [1.54, 1.807) is 4.68 Å². The summed E-state index contributed by atoms with van der Waals surface area (Å²) in [6.45, 7) is 0. The molecule has 2 amide bonds. The molecule has 0 saturated heterocycles. The second-order valence-electron chi connectivity index (χ2n) is 8.49. The molecular weight excluding hydrogens is 424 g/mol. The van der Waals surface area contributed by atoms with Crippen LogP contribution < -0.4 is 10.6 Å². The van der Waals surface area contributed by atoms with E-state index in [9.17, 15) is 9.59 Å². The maximum Gasteiger partial charge on any atom is 0.256 e. The van der Waals surface area contributed by atoms with Crippen molar-refractivity contribution in [2.75, 3.05) is 10.6 Å². The Hall–Kier alpha value is -2.86. The Balaban J connectivity index is 1.41. The summed E-state index contributed by atoms with van der Waals surface area (Å²) >= 11 is 6.15. The number of allylic oxidation sites excluding steroid dienone is 2. The van der Waals surface area contributed by atoms with Gasteiger partial charge in [0.1, 0.15) is 5.82 Å². The third-order valence-electron chi connectivity index (χ3n) is 6.14.